The van der Waals surface area contributed by atoms with Crippen molar-refractivity contribution >= 4 is 59.3 Å². The minimum atomic E-state index is 0.800. The van der Waals surface area contributed by atoms with E-state index in [2.05, 4.69) is 71.1 Å². The molecule has 17 heavy (non-hydrogen) atoms. The van der Waals surface area contributed by atoms with E-state index in [1.165, 1.54) is 5.56 Å². The van der Waals surface area contributed by atoms with Gasteiger partial charge in [-0.25, -0.2) is 4.98 Å². The molecule has 0 aliphatic carbocycles. The van der Waals surface area contributed by atoms with Gasteiger partial charge >= 0.3 is 0 Å². The van der Waals surface area contributed by atoms with E-state index in [-0.39, 0.29) is 0 Å². The van der Waals surface area contributed by atoms with Crippen LogP contribution < -0.4 is 5.32 Å². The summed E-state index contributed by atoms with van der Waals surface area (Å²) in [5.41, 5.74) is 2.21. The lowest BCUT2D eigenvalue weighted by Gasteiger charge is -2.10. The van der Waals surface area contributed by atoms with Crippen LogP contribution in [0.25, 0.3) is 0 Å². The van der Waals surface area contributed by atoms with Crippen LogP contribution in [0.15, 0.2) is 43.9 Å². The molecule has 2 nitrogen and oxygen atoms in total. The molecular weight excluding hydrogens is 412 g/mol. The van der Waals surface area contributed by atoms with Crippen LogP contribution in [0, 0.1) is 6.92 Å². The summed E-state index contributed by atoms with van der Waals surface area (Å²) in [6.45, 7) is 2.06. The molecule has 1 N–H and O–H groups in total. The van der Waals surface area contributed by atoms with E-state index in [4.69, 9.17) is 0 Å². The molecule has 0 saturated carbocycles. The van der Waals surface area contributed by atoms with Crippen LogP contribution in [-0.2, 0) is 0 Å². The first-order chi connectivity index (χ1) is 8.06. The minimum absolute atomic E-state index is 0.800. The van der Waals surface area contributed by atoms with Crippen LogP contribution in [0.4, 0.5) is 11.5 Å². The van der Waals surface area contributed by atoms with Gasteiger partial charge in [0.15, 0.2) is 0 Å². The number of hydrogen-bond donors (Lipinski definition) is 1. The van der Waals surface area contributed by atoms with Crippen molar-refractivity contribution in [2.24, 2.45) is 0 Å². The number of nitrogens with zero attached hydrogens (tertiary/aromatic N) is 1. The van der Waals surface area contributed by atoms with Crippen molar-refractivity contribution in [2.75, 3.05) is 5.32 Å². The number of anilines is 2. The first-order valence-corrected chi connectivity index (χ1v) is 7.28. The molecule has 0 amide bonds. The number of benzene rings is 1. The highest BCUT2D eigenvalue weighted by molar-refractivity contribution is 9.11. The van der Waals surface area contributed by atoms with Crippen molar-refractivity contribution in [3.63, 3.8) is 0 Å². The lowest BCUT2D eigenvalue weighted by atomic mass is 10.2. The monoisotopic (exact) mass is 418 g/mol. The van der Waals surface area contributed by atoms with Gasteiger partial charge in [0.2, 0.25) is 0 Å². The number of rotatable bonds is 2. The Hall–Kier alpha value is -0.390. The summed E-state index contributed by atoms with van der Waals surface area (Å²) in [6.07, 6.45) is 1.76. The van der Waals surface area contributed by atoms with Crippen LogP contribution in [-0.4, -0.2) is 4.98 Å². The molecule has 1 aromatic heterocycles. The Balaban J connectivity index is 2.34. The maximum absolute atomic E-state index is 4.32. The molecular formula is C12H9Br3N2. The van der Waals surface area contributed by atoms with E-state index in [1.54, 1.807) is 6.20 Å². The van der Waals surface area contributed by atoms with Gasteiger partial charge < -0.3 is 5.32 Å². The van der Waals surface area contributed by atoms with Gasteiger partial charge in [-0.1, -0.05) is 22.0 Å². The van der Waals surface area contributed by atoms with Crippen LogP contribution in [0.1, 0.15) is 5.56 Å². The molecule has 0 unspecified atom stereocenters. The molecule has 1 aromatic carbocycles. The molecule has 2 aromatic rings. The average Bonchev–Trinajstić information content (AvgIpc) is 2.27. The molecule has 0 radical (unpaired) electrons. The number of hydrogen-bond acceptors (Lipinski definition) is 2. The van der Waals surface area contributed by atoms with Crippen molar-refractivity contribution in [2.45, 2.75) is 6.92 Å². The number of aromatic nitrogens is 1. The van der Waals surface area contributed by atoms with Crippen molar-refractivity contribution in [1.29, 1.82) is 0 Å². The Bertz CT molecular complexity index is 555. The largest absolute Gasteiger partial charge is 0.339 e. The molecule has 2 rings (SSSR count). The Kier molecular flexibility index (Phi) is 4.22. The third kappa shape index (κ3) is 3.30. The zero-order chi connectivity index (χ0) is 12.4. The molecule has 0 atom stereocenters. The van der Waals surface area contributed by atoms with Crippen LogP contribution in [0.5, 0.6) is 0 Å². The zero-order valence-electron chi connectivity index (χ0n) is 8.97. The molecule has 5 heteroatoms. The van der Waals surface area contributed by atoms with Gasteiger partial charge in [-0.2, -0.15) is 0 Å². The lowest BCUT2D eigenvalue weighted by molar-refractivity contribution is 1.26. The normalized spacial score (nSPS) is 10.4. The van der Waals surface area contributed by atoms with Crippen LogP contribution in [0.3, 0.4) is 0 Å². The maximum Gasteiger partial charge on any atom is 0.144 e. The molecule has 0 aliphatic heterocycles. The average molecular weight is 421 g/mol. The van der Waals surface area contributed by atoms with E-state index in [0.717, 1.165) is 24.9 Å². The smallest absolute Gasteiger partial charge is 0.144 e. The van der Waals surface area contributed by atoms with Gasteiger partial charge in [-0.3, -0.25) is 0 Å². The number of pyridine rings is 1. The van der Waals surface area contributed by atoms with Gasteiger partial charge in [0.25, 0.3) is 0 Å². The third-order valence-electron chi connectivity index (χ3n) is 2.26. The standard InChI is InChI=1S/C12H9Br3N2/c1-7-2-3-8(13)5-11(7)17-12-10(15)4-9(14)6-16-12/h2-6H,1H3,(H,16,17). The maximum atomic E-state index is 4.32. The third-order valence-corrected chi connectivity index (χ3v) is 3.79. The fraction of sp³-hybridized carbons (Fsp3) is 0.0833. The molecule has 88 valence electrons. The highest BCUT2D eigenvalue weighted by Gasteiger charge is 2.05. The number of nitrogens with one attached hydrogen (secondary N) is 1. The van der Waals surface area contributed by atoms with Gasteiger partial charge in [0, 0.05) is 20.8 Å². The van der Waals surface area contributed by atoms with Crippen LogP contribution >= 0.6 is 47.8 Å². The second-order valence-corrected chi connectivity index (χ2v) is 6.25. The summed E-state index contributed by atoms with van der Waals surface area (Å²) in [4.78, 5) is 4.32. The highest BCUT2D eigenvalue weighted by atomic mass is 79.9. The molecule has 1 heterocycles. The van der Waals surface area contributed by atoms with Crippen LogP contribution in [0.2, 0.25) is 0 Å². The molecule has 0 bridgehead atoms. The van der Waals surface area contributed by atoms with Crippen molar-refractivity contribution < 1.29 is 0 Å². The zero-order valence-corrected chi connectivity index (χ0v) is 13.7. The van der Waals surface area contributed by atoms with Gasteiger partial charge in [0.1, 0.15) is 5.82 Å². The van der Waals surface area contributed by atoms with E-state index < -0.39 is 0 Å². The summed E-state index contributed by atoms with van der Waals surface area (Å²) < 4.78 is 2.91. The predicted octanol–water partition coefficient (Wildman–Crippen LogP) is 5.42. The van der Waals surface area contributed by atoms with Gasteiger partial charge in [-0.15, -0.1) is 0 Å². The van der Waals surface area contributed by atoms with E-state index in [0.29, 0.717) is 0 Å². The number of aryl methyl sites for hydroxylation is 1. The molecule has 0 spiro atoms. The summed E-state index contributed by atoms with van der Waals surface area (Å²) in [5.74, 6) is 0.800. The van der Waals surface area contributed by atoms with Crippen molar-refractivity contribution in [1.82, 2.24) is 4.98 Å². The lowest BCUT2D eigenvalue weighted by Crippen LogP contribution is -1.96. The Labute approximate surface area is 125 Å². The number of halogens is 3. The summed E-state index contributed by atoms with van der Waals surface area (Å²) >= 11 is 10.3. The fourth-order valence-corrected chi connectivity index (χ4v) is 2.81. The first-order valence-electron chi connectivity index (χ1n) is 4.90. The molecule has 0 aliphatic rings. The summed E-state index contributed by atoms with van der Waals surface area (Å²) in [5, 5.41) is 3.30. The van der Waals surface area contributed by atoms with Crippen molar-refractivity contribution in [3.05, 3.63) is 49.4 Å². The Morgan fingerprint density at radius 1 is 1.06 bits per heavy atom. The van der Waals surface area contributed by atoms with E-state index in [9.17, 15) is 0 Å². The topological polar surface area (TPSA) is 24.9 Å². The van der Waals surface area contributed by atoms with E-state index in [1.807, 2.05) is 18.2 Å². The Morgan fingerprint density at radius 2 is 1.82 bits per heavy atom. The van der Waals surface area contributed by atoms with Gasteiger partial charge in [0.05, 0.1) is 4.47 Å². The first kappa shape index (κ1) is 13.1. The second kappa shape index (κ2) is 5.50. The summed E-state index contributed by atoms with van der Waals surface area (Å²) in [6, 6.07) is 8.07. The second-order valence-electron chi connectivity index (χ2n) is 3.57. The minimum Gasteiger partial charge on any atom is -0.339 e. The van der Waals surface area contributed by atoms with Crippen molar-refractivity contribution in [3.8, 4) is 0 Å². The molecule has 0 fully saturated rings. The quantitative estimate of drug-likeness (QED) is 0.701. The predicted molar refractivity (Wildman–Crippen MR) is 81.8 cm³/mol. The Morgan fingerprint density at radius 3 is 2.53 bits per heavy atom. The van der Waals surface area contributed by atoms with E-state index >= 15 is 0 Å². The summed E-state index contributed by atoms with van der Waals surface area (Å²) in [7, 11) is 0. The fourth-order valence-electron chi connectivity index (χ4n) is 1.36. The highest BCUT2D eigenvalue weighted by Crippen LogP contribution is 2.29. The van der Waals surface area contributed by atoms with Gasteiger partial charge in [-0.05, 0) is 62.5 Å². The SMILES string of the molecule is Cc1ccc(Br)cc1Nc1ncc(Br)cc1Br. The molecule has 0 saturated heterocycles.